The third kappa shape index (κ3) is 5.40. The van der Waals surface area contributed by atoms with Crippen LogP contribution >= 0.6 is 23.2 Å². The zero-order valence-corrected chi connectivity index (χ0v) is 25.9. The minimum Gasteiger partial charge on any atom is -0.481 e. The Kier molecular flexibility index (Phi) is 7.97. The second-order valence-corrected chi connectivity index (χ2v) is 14.2. The summed E-state index contributed by atoms with van der Waals surface area (Å²) in [5, 5.41) is 27.6. The molecule has 3 saturated carbocycles. The average molecular weight is 613 g/mol. The van der Waals surface area contributed by atoms with Gasteiger partial charge in [-0.3, -0.25) is 4.79 Å². The Morgan fingerprint density at radius 3 is 2.50 bits per heavy atom. The molecule has 0 spiro atoms. The number of hydrogen-bond donors (Lipinski definition) is 2. The molecule has 3 aromatic rings. The van der Waals surface area contributed by atoms with E-state index >= 15 is 0 Å². The number of aliphatic carboxylic acids is 1. The number of hydrogen-bond acceptors (Lipinski definition) is 5. The lowest BCUT2D eigenvalue weighted by molar-refractivity contribution is -0.146. The van der Waals surface area contributed by atoms with E-state index in [1.807, 2.05) is 30.3 Å². The van der Waals surface area contributed by atoms with Crippen LogP contribution < -0.4 is 0 Å². The third-order valence-corrected chi connectivity index (χ3v) is 10.6. The van der Waals surface area contributed by atoms with Crippen molar-refractivity contribution in [3.05, 3.63) is 75.0 Å². The Balaban J connectivity index is 1.24. The van der Waals surface area contributed by atoms with Crippen molar-refractivity contribution in [1.29, 1.82) is 0 Å². The van der Waals surface area contributed by atoms with E-state index in [-0.39, 0.29) is 17.9 Å². The lowest BCUT2D eigenvalue weighted by Crippen LogP contribution is -2.37. The highest BCUT2D eigenvalue weighted by molar-refractivity contribution is 6.39. The number of halogens is 2. The molecule has 3 aliphatic carbocycles. The Morgan fingerprint density at radius 2 is 1.81 bits per heavy atom. The SMILES string of the molecule is C[C@H]1C[C@H]2CC[C@@H](OCc3c(-c4c(Cl)cccc4Cl)noc3C3CC3)C[C@H]1[C@]2(O)c1cccc(CC(C)(C)C(=O)O)c1. The topological polar surface area (TPSA) is 92.8 Å². The normalized spacial score (nSPS) is 27.7. The van der Waals surface area contributed by atoms with Gasteiger partial charge in [-0.1, -0.05) is 65.6 Å². The molecule has 6 rings (SSSR count). The number of carbonyl (C=O) groups is 1. The van der Waals surface area contributed by atoms with Crippen LogP contribution in [-0.4, -0.2) is 27.4 Å². The molecule has 2 bridgehead atoms. The van der Waals surface area contributed by atoms with Gasteiger partial charge in [-0.15, -0.1) is 0 Å². The van der Waals surface area contributed by atoms with Crippen LogP contribution in [0.2, 0.25) is 10.0 Å². The number of carboxylic acids is 1. The molecule has 8 heteroatoms. The maximum atomic E-state index is 12.4. The summed E-state index contributed by atoms with van der Waals surface area (Å²) in [5.41, 5.74) is 2.20. The highest BCUT2D eigenvalue weighted by Crippen LogP contribution is 2.57. The zero-order chi connectivity index (χ0) is 29.8. The maximum absolute atomic E-state index is 12.4. The number of benzene rings is 2. The summed E-state index contributed by atoms with van der Waals surface area (Å²) < 4.78 is 12.5. The van der Waals surface area contributed by atoms with Gasteiger partial charge in [0.25, 0.3) is 0 Å². The van der Waals surface area contributed by atoms with Gasteiger partial charge < -0.3 is 19.5 Å². The van der Waals surface area contributed by atoms with Crippen LogP contribution in [0.25, 0.3) is 11.3 Å². The van der Waals surface area contributed by atoms with Gasteiger partial charge in [0, 0.05) is 17.0 Å². The van der Waals surface area contributed by atoms with E-state index in [1.165, 1.54) is 0 Å². The Hall–Kier alpha value is -2.38. The highest BCUT2D eigenvalue weighted by atomic mass is 35.5. The van der Waals surface area contributed by atoms with Crippen LogP contribution in [0.1, 0.15) is 87.7 Å². The highest BCUT2D eigenvalue weighted by Gasteiger charge is 2.55. The summed E-state index contributed by atoms with van der Waals surface area (Å²) in [5.74, 6) is 0.861. The maximum Gasteiger partial charge on any atom is 0.309 e. The first-order valence-electron chi connectivity index (χ1n) is 15.1. The standard InChI is InChI=1S/C34H39Cl2NO5/c1-19-14-23-12-13-24(16-26(19)34(23,40)22-7-4-6-20(15-22)17-33(2,3)32(38)39)41-18-25-30(37-42-31(25)21-10-11-21)29-27(35)8-5-9-28(29)36/h4-9,15,19,21,23-24,26,40H,10-14,16-18H2,1-3H3,(H,38,39)/t19-,23+,24+,26+,34-/m0/s1. The Morgan fingerprint density at radius 1 is 1.10 bits per heavy atom. The van der Waals surface area contributed by atoms with Crippen molar-refractivity contribution in [2.24, 2.45) is 23.2 Å². The molecule has 6 nitrogen and oxygen atoms in total. The van der Waals surface area contributed by atoms with E-state index in [2.05, 4.69) is 12.1 Å². The van der Waals surface area contributed by atoms with Gasteiger partial charge in [0.1, 0.15) is 11.5 Å². The van der Waals surface area contributed by atoms with Crippen molar-refractivity contribution < 1.29 is 24.3 Å². The molecule has 3 fully saturated rings. The van der Waals surface area contributed by atoms with Gasteiger partial charge in [0.15, 0.2) is 0 Å². The number of aromatic nitrogens is 1. The predicted octanol–water partition coefficient (Wildman–Crippen LogP) is 8.41. The summed E-state index contributed by atoms with van der Waals surface area (Å²) in [6, 6.07) is 13.4. The van der Waals surface area contributed by atoms with Gasteiger partial charge in [-0.05, 0) is 99.8 Å². The molecule has 0 saturated heterocycles. The monoisotopic (exact) mass is 611 g/mol. The average Bonchev–Trinajstić information content (AvgIpc) is 3.67. The zero-order valence-electron chi connectivity index (χ0n) is 24.4. The number of fused-ring (bicyclic) bond motifs is 2. The van der Waals surface area contributed by atoms with Gasteiger partial charge in [0.05, 0.1) is 33.8 Å². The van der Waals surface area contributed by atoms with Crippen molar-refractivity contribution >= 4 is 29.2 Å². The number of rotatable bonds is 9. The second-order valence-electron chi connectivity index (χ2n) is 13.4. The van der Waals surface area contributed by atoms with Crippen molar-refractivity contribution in [3.63, 3.8) is 0 Å². The van der Waals surface area contributed by atoms with Crippen LogP contribution in [0.5, 0.6) is 0 Å². The van der Waals surface area contributed by atoms with Crippen molar-refractivity contribution in [1.82, 2.24) is 5.16 Å². The second kappa shape index (κ2) is 11.3. The third-order valence-electron chi connectivity index (χ3n) is 9.93. The van der Waals surface area contributed by atoms with E-state index in [0.29, 0.717) is 46.2 Å². The van der Waals surface area contributed by atoms with E-state index < -0.39 is 17.0 Å². The molecule has 1 aromatic heterocycles. The summed E-state index contributed by atoms with van der Waals surface area (Å²) in [4.78, 5) is 11.8. The lowest BCUT2D eigenvalue weighted by Gasteiger charge is -2.36. The molecule has 224 valence electrons. The van der Waals surface area contributed by atoms with Crippen LogP contribution in [0.15, 0.2) is 47.0 Å². The molecule has 2 aromatic carbocycles. The largest absolute Gasteiger partial charge is 0.481 e. The van der Waals surface area contributed by atoms with E-state index in [9.17, 15) is 15.0 Å². The van der Waals surface area contributed by atoms with Gasteiger partial charge in [-0.25, -0.2) is 0 Å². The van der Waals surface area contributed by atoms with Crippen LogP contribution in [-0.2, 0) is 28.2 Å². The minimum atomic E-state index is -0.979. The first-order chi connectivity index (χ1) is 20.0. The Labute approximate surface area is 257 Å². The molecule has 0 amide bonds. The quantitative estimate of drug-likeness (QED) is 0.252. The number of nitrogens with zero attached hydrogens (tertiary/aromatic N) is 1. The van der Waals surface area contributed by atoms with Gasteiger partial charge >= 0.3 is 5.97 Å². The fourth-order valence-electron chi connectivity index (χ4n) is 7.43. The molecule has 42 heavy (non-hydrogen) atoms. The molecular formula is C34H39Cl2NO5. The summed E-state index contributed by atoms with van der Waals surface area (Å²) >= 11 is 13.1. The van der Waals surface area contributed by atoms with Crippen LogP contribution in [0, 0.1) is 23.2 Å². The molecule has 0 unspecified atom stereocenters. The lowest BCUT2D eigenvalue weighted by atomic mass is 9.75. The van der Waals surface area contributed by atoms with Crippen molar-refractivity contribution in [3.8, 4) is 11.3 Å². The van der Waals surface area contributed by atoms with Crippen LogP contribution in [0.4, 0.5) is 0 Å². The van der Waals surface area contributed by atoms with Crippen molar-refractivity contribution in [2.75, 3.05) is 0 Å². The predicted molar refractivity (Wildman–Crippen MR) is 163 cm³/mol. The molecule has 2 N–H and O–H groups in total. The van der Waals surface area contributed by atoms with Gasteiger partial charge in [0.2, 0.25) is 0 Å². The molecule has 0 aliphatic heterocycles. The summed E-state index contributed by atoms with van der Waals surface area (Å²) in [6.07, 6.45) is 5.93. The first kappa shape index (κ1) is 29.7. The minimum absolute atomic E-state index is 0.0279. The fourth-order valence-corrected chi connectivity index (χ4v) is 8.01. The van der Waals surface area contributed by atoms with Gasteiger partial charge in [-0.2, -0.15) is 0 Å². The molecular weight excluding hydrogens is 573 g/mol. The summed E-state index contributed by atoms with van der Waals surface area (Å²) in [6.45, 7) is 6.07. The first-order valence-corrected chi connectivity index (χ1v) is 15.8. The number of ether oxygens (including phenoxy) is 1. The van der Waals surface area contributed by atoms with E-state index in [0.717, 1.165) is 61.0 Å². The molecule has 3 aliphatic rings. The summed E-state index contributed by atoms with van der Waals surface area (Å²) in [7, 11) is 0. The Bertz CT molecular complexity index is 1460. The van der Waals surface area contributed by atoms with E-state index in [1.54, 1.807) is 26.0 Å². The fraction of sp³-hybridized carbons (Fsp3) is 0.529. The number of carboxylic acid groups (broad SMARTS) is 1. The molecule has 0 radical (unpaired) electrons. The number of aliphatic hydroxyl groups is 1. The smallest absolute Gasteiger partial charge is 0.309 e. The van der Waals surface area contributed by atoms with Crippen LogP contribution in [0.3, 0.4) is 0 Å². The molecule has 1 heterocycles. The molecule has 5 atom stereocenters. The van der Waals surface area contributed by atoms with E-state index in [4.69, 9.17) is 32.5 Å². The van der Waals surface area contributed by atoms with Crippen molar-refractivity contribution in [2.45, 2.75) is 89.9 Å².